The highest BCUT2D eigenvalue weighted by Crippen LogP contribution is 2.07. The van der Waals surface area contributed by atoms with Crippen LogP contribution in [0.15, 0.2) is 11.8 Å². The smallest absolute Gasteiger partial charge is 0.248 e. The fraction of sp³-hybridized carbons (Fsp3) is 0.786. The zero-order valence-electron chi connectivity index (χ0n) is 12.2. The Labute approximate surface area is 106 Å². The number of carbonyl (C=O) groups excluding carboxylic acids is 1. The van der Waals surface area contributed by atoms with Gasteiger partial charge in [0.25, 0.3) is 0 Å². The molecule has 0 spiro atoms. The number of nitrogens with one attached hydrogen (secondary N) is 1. The lowest BCUT2D eigenvalue weighted by molar-refractivity contribution is -0.129. The maximum atomic E-state index is 12.1. The molecule has 0 saturated carbocycles. The molecule has 0 atom stereocenters. The van der Waals surface area contributed by atoms with Crippen LogP contribution in [0.5, 0.6) is 0 Å². The maximum Gasteiger partial charge on any atom is 0.248 e. The molecule has 0 aliphatic carbocycles. The molecule has 0 rings (SSSR count). The van der Waals surface area contributed by atoms with Crippen LogP contribution in [0.25, 0.3) is 0 Å². The molecule has 1 N–H and O–H groups in total. The zero-order valence-corrected chi connectivity index (χ0v) is 12.2. The molecule has 0 fully saturated rings. The number of allylic oxidation sites excluding steroid dienone is 1. The monoisotopic (exact) mass is 240 g/mol. The van der Waals surface area contributed by atoms with Gasteiger partial charge in [-0.15, -0.1) is 0 Å². The number of carbonyl (C=O) groups is 1. The number of nitrogens with zero attached hydrogens (tertiary/aromatic N) is 1. The van der Waals surface area contributed by atoms with Gasteiger partial charge in [-0.2, -0.15) is 0 Å². The van der Waals surface area contributed by atoms with Gasteiger partial charge in [-0.3, -0.25) is 4.79 Å². The summed E-state index contributed by atoms with van der Waals surface area (Å²) in [6.07, 6.45) is 4.01. The highest BCUT2D eigenvalue weighted by molar-refractivity contribution is 5.88. The number of unbranched alkanes of at least 4 members (excludes halogenated alkanes) is 1. The van der Waals surface area contributed by atoms with Gasteiger partial charge in [0.2, 0.25) is 5.91 Å². The highest BCUT2D eigenvalue weighted by Gasteiger charge is 2.17. The summed E-state index contributed by atoms with van der Waals surface area (Å²) in [4.78, 5) is 14.0. The van der Waals surface area contributed by atoms with E-state index in [0.29, 0.717) is 0 Å². The molecular weight excluding hydrogens is 212 g/mol. The Hall–Kier alpha value is -0.990. The predicted octanol–water partition coefficient (Wildman–Crippen LogP) is 2.93. The lowest BCUT2D eigenvalue weighted by atomic mass is 10.2. The van der Waals surface area contributed by atoms with Gasteiger partial charge in [-0.05, 0) is 41.0 Å². The van der Waals surface area contributed by atoms with Gasteiger partial charge < -0.3 is 10.2 Å². The van der Waals surface area contributed by atoms with Gasteiger partial charge >= 0.3 is 0 Å². The summed E-state index contributed by atoms with van der Waals surface area (Å²) < 4.78 is 0. The maximum absolute atomic E-state index is 12.1. The van der Waals surface area contributed by atoms with E-state index in [1.54, 1.807) is 6.08 Å². The van der Waals surface area contributed by atoms with E-state index < -0.39 is 0 Å². The summed E-state index contributed by atoms with van der Waals surface area (Å²) in [6.45, 7) is 13.2. The van der Waals surface area contributed by atoms with Crippen molar-refractivity contribution in [2.24, 2.45) is 0 Å². The van der Waals surface area contributed by atoms with Crippen molar-refractivity contribution in [3.8, 4) is 0 Å². The summed E-state index contributed by atoms with van der Waals surface area (Å²) in [5, 5.41) is 3.26. The first-order valence-electron chi connectivity index (χ1n) is 6.64. The first-order valence-corrected chi connectivity index (χ1v) is 6.64. The summed E-state index contributed by atoms with van der Waals surface area (Å²) >= 11 is 0. The normalized spacial score (nSPS) is 12.1. The molecule has 0 aromatic heterocycles. The second kappa shape index (κ2) is 8.15. The van der Waals surface area contributed by atoms with E-state index in [-0.39, 0.29) is 18.0 Å². The van der Waals surface area contributed by atoms with E-state index in [1.807, 2.05) is 39.5 Å². The minimum atomic E-state index is 0.0940. The SMILES string of the molecule is CCCCN/C(C)=C\C(=O)N(C(C)C)C(C)C. The minimum Gasteiger partial charge on any atom is -0.388 e. The topological polar surface area (TPSA) is 32.3 Å². The van der Waals surface area contributed by atoms with E-state index in [4.69, 9.17) is 0 Å². The first kappa shape index (κ1) is 16.0. The van der Waals surface area contributed by atoms with E-state index in [0.717, 1.165) is 18.7 Å². The minimum absolute atomic E-state index is 0.0940. The molecule has 0 radical (unpaired) electrons. The Morgan fingerprint density at radius 3 is 2.18 bits per heavy atom. The standard InChI is InChI=1S/C14H28N2O/c1-7-8-9-15-13(6)10-14(17)16(11(2)3)12(4)5/h10-12,15H,7-9H2,1-6H3/b13-10-. The average molecular weight is 240 g/mol. The summed E-state index contributed by atoms with van der Waals surface area (Å²) in [5.74, 6) is 0.0940. The third kappa shape index (κ3) is 6.35. The Bertz CT molecular complexity index is 249. The van der Waals surface area contributed by atoms with Gasteiger partial charge in [-0.25, -0.2) is 0 Å². The van der Waals surface area contributed by atoms with E-state index in [2.05, 4.69) is 12.2 Å². The summed E-state index contributed by atoms with van der Waals surface area (Å²) in [5.41, 5.74) is 0.953. The third-order valence-corrected chi connectivity index (χ3v) is 2.64. The fourth-order valence-electron chi connectivity index (χ4n) is 1.88. The van der Waals surface area contributed by atoms with Crippen LogP contribution in [0.1, 0.15) is 54.4 Å². The zero-order chi connectivity index (χ0) is 13.4. The quantitative estimate of drug-likeness (QED) is 0.548. The van der Waals surface area contributed by atoms with E-state index in [1.165, 1.54) is 6.42 Å². The van der Waals surface area contributed by atoms with Crippen LogP contribution in [0, 0.1) is 0 Å². The van der Waals surface area contributed by atoms with Gasteiger partial charge in [0.05, 0.1) is 0 Å². The van der Waals surface area contributed by atoms with Crippen molar-refractivity contribution in [1.29, 1.82) is 0 Å². The van der Waals surface area contributed by atoms with Crippen molar-refractivity contribution in [2.75, 3.05) is 6.54 Å². The summed E-state index contributed by atoms with van der Waals surface area (Å²) in [7, 11) is 0. The van der Waals surface area contributed by atoms with E-state index in [9.17, 15) is 4.79 Å². The fourth-order valence-corrected chi connectivity index (χ4v) is 1.88. The second-order valence-corrected chi connectivity index (χ2v) is 5.04. The van der Waals surface area contributed by atoms with Crippen molar-refractivity contribution >= 4 is 5.91 Å². The molecule has 0 aromatic rings. The van der Waals surface area contributed by atoms with Crippen LogP contribution in [0.4, 0.5) is 0 Å². The number of rotatable bonds is 7. The Morgan fingerprint density at radius 2 is 1.76 bits per heavy atom. The highest BCUT2D eigenvalue weighted by atomic mass is 16.2. The molecule has 0 unspecified atom stereocenters. The molecule has 0 aromatic carbocycles. The largest absolute Gasteiger partial charge is 0.388 e. The molecule has 0 saturated heterocycles. The number of hydrogen-bond donors (Lipinski definition) is 1. The second-order valence-electron chi connectivity index (χ2n) is 5.04. The van der Waals surface area contributed by atoms with Crippen molar-refractivity contribution in [3.05, 3.63) is 11.8 Å². The molecule has 1 amide bonds. The van der Waals surface area contributed by atoms with Crippen LogP contribution in [-0.2, 0) is 4.79 Å². The Balaban J connectivity index is 4.42. The molecule has 0 bridgehead atoms. The van der Waals surface area contributed by atoms with E-state index >= 15 is 0 Å². The Morgan fingerprint density at radius 1 is 1.24 bits per heavy atom. The molecule has 100 valence electrons. The van der Waals surface area contributed by atoms with Gasteiger partial charge in [0.15, 0.2) is 0 Å². The molecule has 3 nitrogen and oxygen atoms in total. The van der Waals surface area contributed by atoms with Gasteiger partial charge in [0, 0.05) is 30.4 Å². The molecular formula is C14H28N2O. The third-order valence-electron chi connectivity index (χ3n) is 2.64. The van der Waals surface area contributed by atoms with Crippen molar-refractivity contribution in [1.82, 2.24) is 10.2 Å². The molecule has 0 heterocycles. The van der Waals surface area contributed by atoms with Crippen LogP contribution in [0.3, 0.4) is 0 Å². The van der Waals surface area contributed by atoms with Gasteiger partial charge in [0.1, 0.15) is 0 Å². The van der Waals surface area contributed by atoms with Crippen LogP contribution < -0.4 is 5.32 Å². The first-order chi connectivity index (χ1) is 7.90. The Kier molecular flexibility index (Phi) is 7.68. The van der Waals surface area contributed by atoms with Crippen molar-refractivity contribution in [3.63, 3.8) is 0 Å². The molecule has 17 heavy (non-hydrogen) atoms. The lowest BCUT2D eigenvalue weighted by Gasteiger charge is -2.29. The van der Waals surface area contributed by atoms with Crippen LogP contribution in [-0.4, -0.2) is 29.4 Å². The summed E-state index contributed by atoms with van der Waals surface area (Å²) in [6, 6.07) is 0.476. The van der Waals surface area contributed by atoms with Crippen LogP contribution in [0.2, 0.25) is 0 Å². The molecule has 3 heteroatoms. The van der Waals surface area contributed by atoms with Crippen molar-refractivity contribution < 1.29 is 4.79 Å². The molecule has 0 aliphatic heterocycles. The number of amides is 1. The lowest BCUT2D eigenvalue weighted by Crippen LogP contribution is -2.41. The molecule has 0 aliphatic rings. The average Bonchev–Trinajstić information content (AvgIpc) is 2.16. The van der Waals surface area contributed by atoms with Gasteiger partial charge in [-0.1, -0.05) is 13.3 Å². The van der Waals surface area contributed by atoms with Crippen molar-refractivity contribution in [2.45, 2.75) is 66.5 Å². The number of hydrogen-bond acceptors (Lipinski definition) is 2. The predicted molar refractivity (Wildman–Crippen MR) is 73.8 cm³/mol. The van der Waals surface area contributed by atoms with Crippen LogP contribution >= 0.6 is 0 Å².